The van der Waals surface area contributed by atoms with E-state index in [0.29, 0.717) is 17.9 Å². The van der Waals surface area contributed by atoms with E-state index in [1.807, 2.05) is 31.2 Å². The van der Waals surface area contributed by atoms with Gasteiger partial charge in [0.15, 0.2) is 4.32 Å². The van der Waals surface area contributed by atoms with Crippen molar-refractivity contribution in [3.8, 4) is 5.75 Å². The van der Waals surface area contributed by atoms with E-state index in [-0.39, 0.29) is 28.0 Å². The zero-order chi connectivity index (χ0) is 17.7. The molecule has 1 saturated carbocycles. The molecule has 1 aliphatic carbocycles. The van der Waals surface area contributed by atoms with Crippen LogP contribution in [0.2, 0.25) is 0 Å². The van der Waals surface area contributed by atoms with E-state index in [9.17, 15) is 14.4 Å². The van der Waals surface area contributed by atoms with Crippen molar-refractivity contribution in [1.82, 2.24) is 10.0 Å². The molecule has 0 spiro atoms. The standard InChI is InChI=1S/C17H14N2O4S2/c1-2-23-10-5-3-9(4-6-10)7-13-16(22)19(17(24)25-13)18-14(20)11-8-12(11)15(18)21/h3-7,11-12H,2,8H2,1H3/b13-7-/t11-,12-/m0/s1. The first-order valence-corrected chi connectivity index (χ1v) is 9.12. The molecule has 6 nitrogen and oxygen atoms in total. The zero-order valence-corrected chi connectivity index (χ0v) is 14.9. The number of hydrazine groups is 1. The van der Waals surface area contributed by atoms with Crippen LogP contribution in [0.25, 0.3) is 6.08 Å². The molecular weight excluding hydrogens is 360 g/mol. The van der Waals surface area contributed by atoms with E-state index >= 15 is 0 Å². The second-order valence-electron chi connectivity index (χ2n) is 5.93. The lowest BCUT2D eigenvalue weighted by Crippen LogP contribution is -2.50. The van der Waals surface area contributed by atoms with Gasteiger partial charge in [-0.3, -0.25) is 14.4 Å². The van der Waals surface area contributed by atoms with Crippen LogP contribution in [0, 0.1) is 11.8 Å². The number of imide groups is 1. The van der Waals surface area contributed by atoms with Crippen LogP contribution in [-0.4, -0.2) is 38.7 Å². The normalized spacial score (nSPS) is 26.7. The van der Waals surface area contributed by atoms with Gasteiger partial charge in [0.05, 0.1) is 23.3 Å². The van der Waals surface area contributed by atoms with Gasteiger partial charge < -0.3 is 4.74 Å². The smallest absolute Gasteiger partial charge is 0.285 e. The molecule has 3 amide bonds. The molecule has 8 heteroatoms. The molecule has 1 aromatic rings. The summed E-state index contributed by atoms with van der Waals surface area (Å²) in [4.78, 5) is 37.5. The van der Waals surface area contributed by atoms with Crippen molar-refractivity contribution in [3.63, 3.8) is 0 Å². The Morgan fingerprint density at radius 2 is 1.80 bits per heavy atom. The van der Waals surface area contributed by atoms with E-state index in [1.54, 1.807) is 6.08 Å². The van der Waals surface area contributed by atoms with Crippen LogP contribution < -0.4 is 4.74 Å². The minimum absolute atomic E-state index is 0.199. The highest BCUT2D eigenvalue weighted by atomic mass is 32.2. The molecule has 4 rings (SSSR count). The number of hydrogen-bond acceptors (Lipinski definition) is 6. The number of nitrogens with zero attached hydrogens (tertiary/aromatic N) is 2. The van der Waals surface area contributed by atoms with Crippen LogP contribution in [0.4, 0.5) is 0 Å². The highest BCUT2D eigenvalue weighted by molar-refractivity contribution is 8.26. The molecule has 128 valence electrons. The molecule has 2 aliphatic heterocycles. The molecular formula is C17H14N2O4S2. The fourth-order valence-electron chi connectivity index (χ4n) is 2.97. The van der Waals surface area contributed by atoms with E-state index in [0.717, 1.165) is 33.1 Å². The third kappa shape index (κ3) is 2.65. The lowest BCUT2D eigenvalue weighted by Gasteiger charge is -2.25. The fourth-order valence-corrected chi connectivity index (χ4v) is 4.21. The van der Waals surface area contributed by atoms with E-state index < -0.39 is 5.91 Å². The number of fused-ring (bicyclic) bond motifs is 1. The number of amides is 3. The van der Waals surface area contributed by atoms with Gasteiger partial charge in [-0.05, 0) is 49.3 Å². The van der Waals surface area contributed by atoms with Crippen LogP contribution in [0.5, 0.6) is 5.75 Å². The van der Waals surface area contributed by atoms with Crippen LogP contribution >= 0.6 is 24.0 Å². The topological polar surface area (TPSA) is 66.9 Å². The minimum Gasteiger partial charge on any atom is -0.494 e. The summed E-state index contributed by atoms with van der Waals surface area (Å²) in [6.45, 7) is 2.49. The Kier molecular flexibility index (Phi) is 3.88. The lowest BCUT2D eigenvalue weighted by molar-refractivity contribution is -0.160. The van der Waals surface area contributed by atoms with Gasteiger partial charge in [0.2, 0.25) is 0 Å². The molecule has 0 unspecified atom stereocenters. The van der Waals surface area contributed by atoms with Gasteiger partial charge in [0, 0.05) is 0 Å². The van der Waals surface area contributed by atoms with Crippen molar-refractivity contribution >= 4 is 52.1 Å². The summed E-state index contributed by atoms with van der Waals surface area (Å²) in [7, 11) is 0. The maximum absolute atomic E-state index is 12.7. The second-order valence-corrected chi connectivity index (χ2v) is 7.61. The Labute approximate surface area is 153 Å². The number of benzene rings is 1. The first-order chi connectivity index (χ1) is 12.0. The summed E-state index contributed by atoms with van der Waals surface area (Å²) in [6.07, 6.45) is 2.28. The number of hydrogen-bond donors (Lipinski definition) is 0. The Morgan fingerprint density at radius 1 is 1.16 bits per heavy atom. The van der Waals surface area contributed by atoms with Gasteiger partial charge in [0.25, 0.3) is 17.7 Å². The Morgan fingerprint density at radius 3 is 2.40 bits per heavy atom. The number of piperidine rings is 1. The number of rotatable bonds is 4. The van der Waals surface area contributed by atoms with Gasteiger partial charge in [0.1, 0.15) is 5.75 Å². The number of thioether (sulfide) groups is 1. The van der Waals surface area contributed by atoms with Gasteiger partial charge in [-0.1, -0.05) is 23.9 Å². The summed E-state index contributed by atoms with van der Waals surface area (Å²) < 4.78 is 5.59. The van der Waals surface area contributed by atoms with E-state index in [1.165, 1.54) is 0 Å². The summed E-state index contributed by atoms with van der Waals surface area (Å²) >= 11 is 6.31. The van der Waals surface area contributed by atoms with Crippen molar-refractivity contribution in [3.05, 3.63) is 34.7 Å². The zero-order valence-electron chi connectivity index (χ0n) is 13.3. The molecule has 3 aliphatic rings. The largest absolute Gasteiger partial charge is 0.494 e. The van der Waals surface area contributed by atoms with Gasteiger partial charge in [-0.15, -0.1) is 0 Å². The summed E-state index contributed by atoms with van der Waals surface area (Å²) in [5.74, 6) is -0.881. The lowest BCUT2D eigenvalue weighted by atomic mass is 10.2. The monoisotopic (exact) mass is 374 g/mol. The minimum atomic E-state index is -0.438. The van der Waals surface area contributed by atoms with Crippen molar-refractivity contribution in [2.24, 2.45) is 11.8 Å². The SMILES string of the molecule is CCOc1ccc(/C=C2\SC(=S)N(N3C(=O)[C@H]4C[C@@H]4C3=O)C2=O)cc1. The molecule has 1 aromatic carbocycles. The third-order valence-electron chi connectivity index (χ3n) is 4.30. The second kappa shape index (κ2) is 5.96. The van der Waals surface area contributed by atoms with Gasteiger partial charge in [-0.25, -0.2) is 0 Å². The molecule has 0 radical (unpaired) electrons. The van der Waals surface area contributed by atoms with Gasteiger partial charge >= 0.3 is 0 Å². The molecule has 3 fully saturated rings. The average Bonchev–Trinajstić information content (AvgIpc) is 3.29. The molecule has 2 atom stereocenters. The molecule has 2 heterocycles. The van der Waals surface area contributed by atoms with E-state index in [4.69, 9.17) is 17.0 Å². The highest BCUT2D eigenvalue weighted by Gasteiger charge is 2.62. The maximum Gasteiger partial charge on any atom is 0.285 e. The van der Waals surface area contributed by atoms with Crippen molar-refractivity contribution in [2.45, 2.75) is 13.3 Å². The van der Waals surface area contributed by atoms with Crippen LogP contribution in [0.3, 0.4) is 0 Å². The molecule has 0 aromatic heterocycles. The maximum atomic E-state index is 12.7. The van der Waals surface area contributed by atoms with Crippen LogP contribution in [0.1, 0.15) is 18.9 Å². The van der Waals surface area contributed by atoms with Crippen LogP contribution in [-0.2, 0) is 14.4 Å². The summed E-state index contributed by atoms with van der Waals surface area (Å²) in [6, 6.07) is 7.30. The Balaban J connectivity index is 1.56. The first-order valence-electron chi connectivity index (χ1n) is 7.89. The number of ether oxygens (including phenoxy) is 1. The summed E-state index contributed by atoms with van der Waals surface area (Å²) in [5, 5.41) is 1.97. The van der Waals surface area contributed by atoms with Crippen molar-refractivity contribution in [2.75, 3.05) is 6.61 Å². The van der Waals surface area contributed by atoms with Crippen LogP contribution in [0.15, 0.2) is 29.2 Å². The predicted molar refractivity (Wildman–Crippen MR) is 96.1 cm³/mol. The number of carbonyl (C=O) groups excluding carboxylic acids is 3. The first kappa shape index (κ1) is 16.3. The summed E-state index contributed by atoms with van der Waals surface area (Å²) in [5.41, 5.74) is 0.811. The Bertz CT molecular complexity index is 814. The highest BCUT2D eigenvalue weighted by Crippen LogP contribution is 2.49. The number of carbonyl (C=O) groups is 3. The average molecular weight is 374 g/mol. The quantitative estimate of drug-likeness (QED) is 0.457. The molecule has 0 bridgehead atoms. The van der Waals surface area contributed by atoms with Crippen molar-refractivity contribution in [1.29, 1.82) is 0 Å². The molecule has 2 saturated heterocycles. The predicted octanol–water partition coefficient (Wildman–Crippen LogP) is 2.21. The fraction of sp³-hybridized carbons (Fsp3) is 0.294. The van der Waals surface area contributed by atoms with Gasteiger partial charge in [-0.2, -0.15) is 10.0 Å². The molecule has 0 N–H and O–H groups in total. The molecule has 25 heavy (non-hydrogen) atoms. The van der Waals surface area contributed by atoms with E-state index in [2.05, 4.69) is 0 Å². The van der Waals surface area contributed by atoms with Crippen molar-refractivity contribution < 1.29 is 19.1 Å². The number of thiocarbonyl (C=S) groups is 1. The Hall–Kier alpha value is -2.19. The third-order valence-corrected chi connectivity index (χ3v) is 5.59.